The first-order valence-electron chi connectivity index (χ1n) is 8.99. The summed E-state index contributed by atoms with van der Waals surface area (Å²) in [5.41, 5.74) is 0.130. The molecule has 2 aromatic rings. The molecule has 0 radical (unpaired) electrons. The van der Waals surface area contributed by atoms with Crippen LogP contribution < -0.4 is 4.90 Å². The normalized spacial score (nSPS) is 20.2. The summed E-state index contributed by atoms with van der Waals surface area (Å²) in [5.74, 6) is -1.47. The summed E-state index contributed by atoms with van der Waals surface area (Å²) in [6.45, 7) is 4.35. The Balaban J connectivity index is 1.42. The molecule has 0 atom stereocenters. The van der Waals surface area contributed by atoms with Crippen LogP contribution in [0.4, 0.5) is 13.9 Å². The third-order valence-electron chi connectivity index (χ3n) is 5.25. The quantitative estimate of drug-likeness (QED) is 0.826. The maximum absolute atomic E-state index is 13.9. The van der Waals surface area contributed by atoms with Crippen molar-refractivity contribution in [2.24, 2.45) is 0 Å². The van der Waals surface area contributed by atoms with Crippen molar-refractivity contribution in [3.8, 4) is 11.4 Å². The first-order chi connectivity index (χ1) is 12.2. The van der Waals surface area contributed by atoms with E-state index in [1.54, 1.807) is 0 Å². The minimum atomic E-state index is -0.879. The summed E-state index contributed by atoms with van der Waals surface area (Å²) in [6, 6.07) is 4.78. The Bertz CT molecular complexity index is 722. The molecule has 7 heteroatoms. The number of hydrogen-bond donors (Lipinski definition) is 0. The smallest absolute Gasteiger partial charge is 0.205 e. The Kier molecular flexibility index (Phi) is 4.94. The Labute approximate surface area is 150 Å². The number of halogens is 2. The fourth-order valence-corrected chi connectivity index (χ4v) is 4.57. The van der Waals surface area contributed by atoms with Crippen LogP contribution in [0.3, 0.4) is 0 Å². The van der Waals surface area contributed by atoms with E-state index in [0.717, 1.165) is 37.1 Å². The molecule has 0 aliphatic carbocycles. The summed E-state index contributed by atoms with van der Waals surface area (Å²) in [7, 11) is 0. The number of hydrogen-bond acceptors (Lipinski definition) is 5. The van der Waals surface area contributed by atoms with Gasteiger partial charge >= 0.3 is 0 Å². The van der Waals surface area contributed by atoms with Gasteiger partial charge in [-0.2, -0.15) is 9.36 Å². The van der Waals surface area contributed by atoms with Crippen LogP contribution in [0.25, 0.3) is 11.4 Å². The summed E-state index contributed by atoms with van der Waals surface area (Å²) < 4.78 is 31.6. The van der Waals surface area contributed by atoms with Crippen LogP contribution in [0.2, 0.25) is 0 Å². The molecule has 0 amide bonds. The zero-order valence-corrected chi connectivity index (χ0v) is 14.9. The maximum atomic E-state index is 13.9. The Morgan fingerprint density at radius 1 is 1.00 bits per heavy atom. The van der Waals surface area contributed by atoms with Gasteiger partial charge in [0.2, 0.25) is 5.13 Å². The lowest BCUT2D eigenvalue weighted by molar-refractivity contribution is 0.141. The van der Waals surface area contributed by atoms with E-state index in [-0.39, 0.29) is 11.4 Å². The van der Waals surface area contributed by atoms with Gasteiger partial charge in [-0.1, -0.05) is 12.5 Å². The van der Waals surface area contributed by atoms with Crippen LogP contribution in [0.15, 0.2) is 18.2 Å². The first kappa shape index (κ1) is 16.8. The fraction of sp³-hybridized carbons (Fsp3) is 0.556. The lowest BCUT2D eigenvalue weighted by atomic mass is 10.0. The predicted molar refractivity (Wildman–Crippen MR) is 95.9 cm³/mol. The molecular formula is C18H22F2N4S. The molecule has 4 rings (SSSR count). The highest BCUT2D eigenvalue weighted by Crippen LogP contribution is 2.29. The van der Waals surface area contributed by atoms with Gasteiger partial charge < -0.3 is 9.80 Å². The molecule has 2 aliphatic heterocycles. The molecule has 2 fully saturated rings. The van der Waals surface area contributed by atoms with Gasteiger partial charge in [0.15, 0.2) is 17.5 Å². The van der Waals surface area contributed by atoms with E-state index in [2.05, 4.69) is 19.2 Å². The van der Waals surface area contributed by atoms with E-state index in [1.807, 2.05) is 0 Å². The Hall–Kier alpha value is -1.60. The largest absolute Gasteiger partial charge is 0.347 e. The zero-order chi connectivity index (χ0) is 17.2. The van der Waals surface area contributed by atoms with Crippen molar-refractivity contribution in [1.29, 1.82) is 0 Å². The van der Waals surface area contributed by atoms with Crippen molar-refractivity contribution in [2.45, 2.75) is 38.1 Å². The average Bonchev–Trinajstić information content (AvgIpc) is 3.15. The number of benzene rings is 1. The van der Waals surface area contributed by atoms with Gasteiger partial charge in [0.1, 0.15) is 0 Å². The molecule has 0 spiro atoms. The lowest BCUT2D eigenvalue weighted by Gasteiger charge is -2.40. The van der Waals surface area contributed by atoms with Gasteiger partial charge in [0.05, 0.1) is 5.56 Å². The van der Waals surface area contributed by atoms with Gasteiger partial charge in [-0.05, 0) is 50.9 Å². The van der Waals surface area contributed by atoms with E-state index < -0.39 is 11.6 Å². The minimum absolute atomic E-state index is 0.130. The van der Waals surface area contributed by atoms with Crippen molar-refractivity contribution in [1.82, 2.24) is 14.3 Å². The third kappa shape index (κ3) is 3.53. The van der Waals surface area contributed by atoms with Crippen molar-refractivity contribution in [2.75, 3.05) is 31.1 Å². The summed E-state index contributed by atoms with van der Waals surface area (Å²) in [5, 5.41) is 0.802. The van der Waals surface area contributed by atoms with Gasteiger partial charge in [-0.15, -0.1) is 0 Å². The molecule has 0 bridgehead atoms. The number of piperidine rings is 2. The molecule has 1 aromatic heterocycles. The second-order valence-corrected chi connectivity index (χ2v) is 7.55. The summed E-state index contributed by atoms with van der Waals surface area (Å²) in [6.07, 6.45) is 6.25. The van der Waals surface area contributed by atoms with Crippen molar-refractivity contribution < 1.29 is 8.78 Å². The highest BCUT2D eigenvalue weighted by atomic mass is 32.1. The summed E-state index contributed by atoms with van der Waals surface area (Å²) in [4.78, 5) is 9.31. The van der Waals surface area contributed by atoms with Crippen LogP contribution in [0.1, 0.15) is 32.1 Å². The molecule has 0 saturated carbocycles. The number of aromatic nitrogens is 2. The van der Waals surface area contributed by atoms with E-state index >= 15 is 0 Å². The molecule has 134 valence electrons. The van der Waals surface area contributed by atoms with E-state index in [0.29, 0.717) is 6.04 Å². The Morgan fingerprint density at radius 3 is 2.52 bits per heavy atom. The van der Waals surface area contributed by atoms with E-state index in [4.69, 9.17) is 0 Å². The zero-order valence-electron chi connectivity index (χ0n) is 14.1. The highest BCUT2D eigenvalue weighted by molar-refractivity contribution is 7.09. The molecule has 25 heavy (non-hydrogen) atoms. The molecule has 2 aliphatic rings. The predicted octanol–water partition coefficient (Wildman–Crippen LogP) is 3.94. The second-order valence-electron chi connectivity index (χ2n) is 6.82. The van der Waals surface area contributed by atoms with Gasteiger partial charge in [-0.25, -0.2) is 8.78 Å². The number of nitrogens with zero attached hydrogens (tertiary/aromatic N) is 4. The van der Waals surface area contributed by atoms with Gasteiger partial charge in [0, 0.05) is 30.7 Å². The van der Waals surface area contributed by atoms with Crippen LogP contribution in [0, 0.1) is 11.6 Å². The van der Waals surface area contributed by atoms with Crippen LogP contribution >= 0.6 is 11.5 Å². The number of likely N-dealkylation sites (tertiary alicyclic amines) is 1. The standard InChI is InChI=1S/C18H22F2N4S/c19-15-6-4-5-14(16(15)20)17-21-18(25-22-17)24-11-7-13(8-12-24)23-9-2-1-3-10-23/h4-6,13H,1-3,7-12H2. The molecule has 3 heterocycles. The van der Waals surface area contributed by atoms with Gasteiger partial charge in [-0.3, -0.25) is 0 Å². The van der Waals surface area contributed by atoms with Crippen LogP contribution in [0.5, 0.6) is 0 Å². The molecular weight excluding hydrogens is 342 g/mol. The molecule has 2 saturated heterocycles. The fourth-order valence-electron chi connectivity index (χ4n) is 3.84. The Morgan fingerprint density at radius 2 is 1.76 bits per heavy atom. The molecule has 1 aromatic carbocycles. The first-order valence-corrected chi connectivity index (χ1v) is 9.77. The lowest BCUT2D eigenvalue weighted by Crippen LogP contribution is -2.46. The minimum Gasteiger partial charge on any atom is -0.347 e. The monoisotopic (exact) mass is 364 g/mol. The SMILES string of the molecule is Fc1cccc(-c2nsc(N3CCC(N4CCCCC4)CC3)n2)c1F. The molecule has 0 unspecified atom stereocenters. The van der Waals surface area contributed by atoms with Crippen molar-refractivity contribution in [3.63, 3.8) is 0 Å². The van der Waals surface area contributed by atoms with Gasteiger partial charge in [0.25, 0.3) is 0 Å². The number of rotatable bonds is 3. The van der Waals surface area contributed by atoms with Crippen molar-refractivity contribution >= 4 is 16.7 Å². The van der Waals surface area contributed by atoms with E-state index in [9.17, 15) is 8.78 Å². The van der Waals surface area contributed by atoms with Crippen LogP contribution in [-0.2, 0) is 0 Å². The number of anilines is 1. The highest BCUT2D eigenvalue weighted by Gasteiger charge is 2.27. The van der Waals surface area contributed by atoms with Crippen LogP contribution in [-0.4, -0.2) is 46.5 Å². The van der Waals surface area contributed by atoms with Crippen molar-refractivity contribution in [3.05, 3.63) is 29.8 Å². The van der Waals surface area contributed by atoms with E-state index in [1.165, 1.54) is 56.0 Å². The summed E-state index contributed by atoms with van der Waals surface area (Å²) >= 11 is 1.26. The molecule has 4 nitrogen and oxygen atoms in total. The third-order valence-corrected chi connectivity index (χ3v) is 6.03. The second kappa shape index (κ2) is 7.33. The topological polar surface area (TPSA) is 32.3 Å². The maximum Gasteiger partial charge on any atom is 0.205 e. The average molecular weight is 364 g/mol. The molecule has 0 N–H and O–H groups in total.